The average Bonchev–Trinajstić information content (AvgIpc) is 1.73. The Morgan fingerprint density at radius 1 is 0.274 bits per heavy atom. The van der Waals surface area contributed by atoms with E-state index in [1.807, 2.05) is 41.5 Å². The molecule has 6 aliphatic carbocycles. The minimum Gasteiger partial charge on any atom is -0.465 e. The van der Waals surface area contributed by atoms with Crippen molar-refractivity contribution in [1.82, 2.24) is 0 Å². The molecule has 124 heavy (non-hydrogen) atoms. The van der Waals surface area contributed by atoms with Gasteiger partial charge in [0.25, 0.3) is 0 Å². The molecular formula is C92H150O32. The molecule has 0 bridgehead atoms. The molecule has 710 valence electrons. The lowest BCUT2D eigenvalue weighted by Gasteiger charge is -2.34. The first-order chi connectivity index (χ1) is 59.8. The van der Waals surface area contributed by atoms with Crippen LogP contribution in [0.2, 0.25) is 0 Å². The third kappa shape index (κ3) is 35.8. The number of aliphatic hydroxyl groups excluding tert-OH is 4. The van der Waals surface area contributed by atoms with E-state index < -0.39 is 130 Å². The van der Waals surface area contributed by atoms with Crippen LogP contribution in [0, 0.1) is 106 Å². The van der Waals surface area contributed by atoms with E-state index >= 15 is 0 Å². The highest BCUT2D eigenvalue weighted by atomic mass is 16.6. The van der Waals surface area contributed by atoms with E-state index in [-0.39, 0.29) is 177 Å². The first-order valence-corrected chi connectivity index (χ1v) is 47.0. The predicted molar refractivity (Wildman–Crippen MR) is 443 cm³/mol. The fourth-order valence-corrected chi connectivity index (χ4v) is 18.2. The standard InChI is InChI=1S/C92H150O32/c1-7-91(55-109-45-71-49-113-71,56-110-46-72-50-114-72)53-107-39-69(95)43-123-89(103)81-31-61(5)11-23-75(81)83(97)117-33-63-15-19-65(20-16-63)35-119-87(101)79-29-59(3)13-25-77(79)85(99)121-41-67(93)37-105-27-9-10-28-106-38-68(94)42-122-86(100)78-26-14-60(4)30-80(78)88(102)120-36-66-21-17-64(18-22-66)34-118-84(98)76-24-12-62(6)32-82(76)90(104)124-44-70(96)40-108-54-92(8-2,57-111-47-73-51-115-73)58-112-48-74-52-116-74/h59-82,93-96H,7-58H2,1-6H3. The van der Waals surface area contributed by atoms with Crippen molar-refractivity contribution >= 4 is 47.8 Å². The van der Waals surface area contributed by atoms with Crippen LogP contribution in [0.4, 0.5) is 0 Å². The Morgan fingerprint density at radius 2 is 0.484 bits per heavy atom. The van der Waals surface area contributed by atoms with Gasteiger partial charge in [0.05, 0.1) is 193 Å². The summed E-state index contributed by atoms with van der Waals surface area (Å²) in [5.41, 5.74) is -0.904. The van der Waals surface area contributed by atoms with Gasteiger partial charge in [0.2, 0.25) is 0 Å². The number of hydrogen-bond acceptors (Lipinski definition) is 32. The molecule has 10 aliphatic rings. The molecule has 0 aromatic carbocycles. The van der Waals surface area contributed by atoms with E-state index in [1.54, 1.807) is 0 Å². The minimum atomic E-state index is -1.10. The zero-order valence-electron chi connectivity index (χ0n) is 74.8. The van der Waals surface area contributed by atoms with E-state index in [0.29, 0.717) is 156 Å². The number of esters is 8. The largest absolute Gasteiger partial charge is 0.465 e. The number of carbonyl (C=O) groups excluding carboxylic acids is 8. The smallest absolute Gasteiger partial charge is 0.309 e. The summed E-state index contributed by atoms with van der Waals surface area (Å²) in [5.74, 6) is -8.22. The van der Waals surface area contributed by atoms with Gasteiger partial charge in [-0.25, -0.2) is 0 Å². The van der Waals surface area contributed by atoms with Gasteiger partial charge >= 0.3 is 47.8 Å². The first kappa shape index (κ1) is 101. The Hall–Kier alpha value is -4.88. The summed E-state index contributed by atoms with van der Waals surface area (Å²) in [5, 5.41) is 43.1. The maximum absolute atomic E-state index is 13.7. The number of carbonyl (C=O) groups is 8. The van der Waals surface area contributed by atoms with E-state index in [9.17, 15) is 58.8 Å². The van der Waals surface area contributed by atoms with Gasteiger partial charge in [0.15, 0.2) is 0 Å². The second kappa shape index (κ2) is 52.8. The van der Waals surface area contributed by atoms with E-state index in [2.05, 4.69) is 0 Å². The van der Waals surface area contributed by atoms with Crippen molar-refractivity contribution in [2.24, 2.45) is 106 Å². The fourth-order valence-electron chi connectivity index (χ4n) is 18.2. The van der Waals surface area contributed by atoms with Gasteiger partial charge in [-0.3, -0.25) is 38.4 Å². The number of unbranched alkanes of at least 4 members (excludes halogenated alkanes) is 1. The summed E-state index contributed by atoms with van der Waals surface area (Å²) in [6, 6.07) is 0. The molecule has 0 spiro atoms. The molecule has 0 aromatic heterocycles. The van der Waals surface area contributed by atoms with Crippen LogP contribution in [0.1, 0.15) is 196 Å². The van der Waals surface area contributed by atoms with Gasteiger partial charge in [-0.05, 0) is 201 Å². The summed E-state index contributed by atoms with van der Waals surface area (Å²) >= 11 is 0. The van der Waals surface area contributed by atoms with Gasteiger partial charge in [-0.1, -0.05) is 41.5 Å². The average molecular weight is 1770 g/mol. The van der Waals surface area contributed by atoms with E-state index in [4.69, 9.17) is 94.7 Å². The van der Waals surface area contributed by atoms with Crippen LogP contribution < -0.4 is 0 Å². The van der Waals surface area contributed by atoms with E-state index in [1.165, 1.54) is 0 Å². The monoisotopic (exact) mass is 1770 g/mol. The normalized spacial score (nSPS) is 31.7. The second-order valence-corrected chi connectivity index (χ2v) is 38.4. The summed E-state index contributed by atoms with van der Waals surface area (Å²) in [6.45, 7) is 19.0. The molecule has 4 saturated heterocycles. The summed E-state index contributed by atoms with van der Waals surface area (Å²) in [4.78, 5) is 109. The number of epoxide rings is 4. The van der Waals surface area contributed by atoms with Crippen LogP contribution in [0.25, 0.3) is 0 Å². The molecule has 0 aromatic rings. The summed E-state index contributed by atoms with van der Waals surface area (Å²) in [6.07, 6.45) is 11.5. The SMILES string of the molecule is CCC(COCC(O)COC(=O)C1CC(C)CCC1C(=O)OCC1CCC(COC(=O)C2CC(C)CCC2C(=O)OCC(O)COCCCCOCC(O)COC(=O)C2CCC(C)CC2C(=O)OCC2CCC(COC(=O)C3CCC(C)CC3C(=O)OCC(O)COCC(CC)(COCC3CO3)COCC3CO3)CC2)CC1)(COCC1CO1)COCC1CO1. The highest BCUT2D eigenvalue weighted by molar-refractivity contribution is 5.84. The molecule has 20 unspecified atom stereocenters. The van der Waals surface area contributed by atoms with Crippen molar-refractivity contribution in [3.8, 4) is 0 Å². The Bertz CT molecular complexity index is 2920. The van der Waals surface area contributed by atoms with E-state index in [0.717, 1.165) is 77.0 Å². The van der Waals surface area contributed by atoms with Gasteiger partial charge in [-0.15, -0.1) is 0 Å². The summed E-state index contributed by atoms with van der Waals surface area (Å²) < 4.78 is 114. The van der Waals surface area contributed by atoms with Crippen LogP contribution in [-0.4, -0.2) is 302 Å². The van der Waals surface area contributed by atoms with Gasteiger partial charge in [0, 0.05) is 24.0 Å². The third-order valence-electron chi connectivity index (χ3n) is 27.2. The zero-order valence-corrected chi connectivity index (χ0v) is 74.8. The first-order valence-electron chi connectivity index (χ1n) is 47.0. The molecule has 0 amide bonds. The molecule has 10 fully saturated rings. The second-order valence-electron chi connectivity index (χ2n) is 38.4. The number of ether oxygens (including phenoxy) is 20. The lowest BCUT2D eigenvalue weighted by molar-refractivity contribution is -0.167. The Morgan fingerprint density at radius 3 is 0.718 bits per heavy atom. The molecule has 10 rings (SSSR count). The van der Waals surface area contributed by atoms with Crippen LogP contribution in [0.15, 0.2) is 0 Å². The van der Waals surface area contributed by atoms with Crippen molar-refractivity contribution in [2.75, 3.05) is 185 Å². The highest BCUT2D eigenvalue weighted by Crippen LogP contribution is 2.42. The lowest BCUT2D eigenvalue weighted by atomic mass is 9.74. The molecular weight excluding hydrogens is 1620 g/mol. The quantitative estimate of drug-likeness (QED) is 0.0194. The molecule has 4 N–H and O–H groups in total. The van der Waals surface area contributed by atoms with Crippen molar-refractivity contribution in [1.29, 1.82) is 0 Å². The molecule has 0 radical (unpaired) electrons. The third-order valence-corrected chi connectivity index (χ3v) is 27.2. The van der Waals surface area contributed by atoms with Gasteiger partial charge in [0.1, 0.15) is 75.3 Å². The highest BCUT2D eigenvalue weighted by Gasteiger charge is 2.47. The van der Waals surface area contributed by atoms with Crippen molar-refractivity contribution in [3.63, 3.8) is 0 Å². The Kier molecular flexibility index (Phi) is 43.1. The molecule has 32 heteroatoms. The maximum atomic E-state index is 13.7. The topological polar surface area (TPSA) is 415 Å². The van der Waals surface area contributed by atoms with Crippen molar-refractivity contribution in [3.05, 3.63) is 0 Å². The van der Waals surface area contributed by atoms with Gasteiger partial charge < -0.3 is 115 Å². The predicted octanol–water partition coefficient (Wildman–Crippen LogP) is 7.90. The molecule has 4 aliphatic heterocycles. The van der Waals surface area contributed by atoms with Crippen LogP contribution in [-0.2, 0) is 133 Å². The number of aliphatic hydroxyl groups is 4. The number of hydrogen-bond donors (Lipinski definition) is 4. The van der Waals surface area contributed by atoms with Crippen molar-refractivity contribution < 1.29 is 154 Å². The molecule has 32 nitrogen and oxygen atoms in total. The van der Waals surface area contributed by atoms with Gasteiger partial charge in [-0.2, -0.15) is 0 Å². The van der Waals surface area contributed by atoms with Crippen LogP contribution in [0.3, 0.4) is 0 Å². The Balaban J connectivity index is 0.528. The lowest BCUT2D eigenvalue weighted by Crippen LogP contribution is -2.40. The van der Waals surface area contributed by atoms with Crippen LogP contribution in [0.5, 0.6) is 0 Å². The molecule has 20 atom stereocenters. The zero-order chi connectivity index (χ0) is 88.4. The fraction of sp³-hybridized carbons (Fsp3) is 0.913. The molecule has 6 saturated carbocycles. The Labute approximate surface area is 733 Å². The number of rotatable bonds is 59. The van der Waals surface area contributed by atoms with Crippen LogP contribution >= 0.6 is 0 Å². The maximum Gasteiger partial charge on any atom is 0.309 e. The van der Waals surface area contributed by atoms with Crippen molar-refractivity contribution in [2.45, 2.75) is 244 Å². The minimum absolute atomic E-state index is 0.0658. The molecule has 4 heterocycles. The summed E-state index contributed by atoms with van der Waals surface area (Å²) in [7, 11) is 0.